The Morgan fingerprint density at radius 2 is 1.61 bits per heavy atom. The number of fused-ring (bicyclic) bond motifs is 2. The number of allylic oxidation sites excluding steroid dienone is 1. The standard InChI is InChI=1S/C16H13NO/c1-11-10-12-6-2-3-8-14(12)16(18)17-15-9-5-4-7-13(11)15/h2-9H,1,10H2,(H,17,18). The molecule has 88 valence electrons. The van der Waals surface area contributed by atoms with E-state index in [1.807, 2.05) is 48.5 Å². The third-order valence-corrected chi connectivity index (χ3v) is 3.22. The van der Waals surface area contributed by atoms with Gasteiger partial charge < -0.3 is 5.32 Å². The minimum atomic E-state index is -0.0504. The third kappa shape index (κ3) is 1.72. The third-order valence-electron chi connectivity index (χ3n) is 3.22. The molecular formula is C16H13NO. The molecule has 0 bridgehead atoms. The van der Waals surface area contributed by atoms with E-state index in [0.717, 1.165) is 28.0 Å². The van der Waals surface area contributed by atoms with Crippen LogP contribution in [0.25, 0.3) is 5.57 Å². The van der Waals surface area contributed by atoms with Crippen molar-refractivity contribution in [2.75, 3.05) is 5.32 Å². The Morgan fingerprint density at radius 1 is 0.944 bits per heavy atom. The predicted octanol–water partition coefficient (Wildman–Crippen LogP) is 3.51. The van der Waals surface area contributed by atoms with Gasteiger partial charge in [-0.3, -0.25) is 4.79 Å². The van der Waals surface area contributed by atoms with E-state index in [2.05, 4.69) is 11.9 Å². The van der Waals surface area contributed by atoms with Crippen molar-refractivity contribution in [3.05, 3.63) is 71.8 Å². The molecule has 1 aliphatic heterocycles. The minimum Gasteiger partial charge on any atom is -0.321 e. The van der Waals surface area contributed by atoms with Gasteiger partial charge in [0.15, 0.2) is 0 Å². The van der Waals surface area contributed by atoms with Crippen molar-refractivity contribution < 1.29 is 4.79 Å². The van der Waals surface area contributed by atoms with E-state index in [1.54, 1.807) is 0 Å². The Balaban J connectivity index is 2.15. The number of rotatable bonds is 0. The summed E-state index contributed by atoms with van der Waals surface area (Å²) in [7, 11) is 0. The highest BCUT2D eigenvalue weighted by molar-refractivity contribution is 6.07. The first-order valence-corrected chi connectivity index (χ1v) is 5.92. The van der Waals surface area contributed by atoms with Crippen LogP contribution >= 0.6 is 0 Å². The van der Waals surface area contributed by atoms with Gasteiger partial charge in [-0.2, -0.15) is 0 Å². The van der Waals surface area contributed by atoms with E-state index in [9.17, 15) is 4.79 Å². The van der Waals surface area contributed by atoms with Crippen LogP contribution in [-0.2, 0) is 6.42 Å². The number of amides is 1. The zero-order valence-corrected chi connectivity index (χ0v) is 9.94. The summed E-state index contributed by atoms with van der Waals surface area (Å²) < 4.78 is 0. The van der Waals surface area contributed by atoms with E-state index in [4.69, 9.17) is 0 Å². The highest BCUT2D eigenvalue weighted by atomic mass is 16.1. The summed E-state index contributed by atoms with van der Waals surface area (Å²) in [6, 6.07) is 15.4. The molecule has 2 aromatic rings. The summed E-state index contributed by atoms with van der Waals surface area (Å²) >= 11 is 0. The minimum absolute atomic E-state index is 0.0504. The lowest BCUT2D eigenvalue weighted by atomic mass is 9.93. The molecule has 0 atom stereocenters. The molecule has 1 aliphatic rings. The van der Waals surface area contributed by atoms with Crippen LogP contribution in [0, 0.1) is 0 Å². The Labute approximate surface area is 106 Å². The number of para-hydroxylation sites is 1. The molecule has 1 heterocycles. The summed E-state index contributed by atoms with van der Waals surface area (Å²) in [5, 5.41) is 2.95. The van der Waals surface area contributed by atoms with Gasteiger partial charge in [0.1, 0.15) is 0 Å². The molecule has 0 unspecified atom stereocenters. The average molecular weight is 235 g/mol. The van der Waals surface area contributed by atoms with Gasteiger partial charge in [0, 0.05) is 16.8 Å². The lowest BCUT2D eigenvalue weighted by Gasteiger charge is -2.19. The van der Waals surface area contributed by atoms with Crippen molar-refractivity contribution in [2.24, 2.45) is 0 Å². The molecule has 3 rings (SSSR count). The van der Waals surface area contributed by atoms with E-state index < -0.39 is 0 Å². The Morgan fingerprint density at radius 3 is 2.44 bits per heavy atom. The zero-order valence-electron chi connectivity index (χ0n) is 9.94. The van der Waals surface area contributed by atoms with Gasteiger partial charge >= 0.3 is 0 Å². The monoisotopic (exact) mass is 235 g/mol. The van der Waals surface area contributed by atoms with E-state index in [1.165, 1.54) is 0 Å². The zero-order chi connectivity index (χ0) is 12.5. The lowest BCUT2D eigenvalue weighted by molar-refractivity contribution is 0.102. The molecular weight excluding hydrogens is 222 g/mol. The van der Waals surface area contributed by atoms with Gasteiger partial charge in [-0.15, -0.1) is 0 Å². The fraction of sp³-hybridized carbons (Fsp3) is 0.0625. The molecule has 2 nitrogen and oxygen atoms in total. The molecule has 0 radical (unpaired) electrons. The highest BCUT2D eigenvalue weighted by Gasteiger charge is 2.18. The van der Waals surface area contributed by atoms with Crippen molar-refractivity contribution in [1.29, 1.82) is 0 Å². The van der Waals surface area contributed by atoms with Crippen LogP contribution in [0.1, 0.15) is 21.5 Å². The summed E-state index contributed by atoms with van der Waals surface area (Å²) in [5.74, 6) is -0.0504. The predicted molar refractivity (Wildman–Crippen MR) is 73.6 cm³/mol. The summed E-state index contributed by atoms with van der Waals surface area (Å²) in [6.07, 6.45) is 0.709. The number of hydrogen-bond donors (Lipinski definition) is 1. The number of nitrogens with one attached hydrogen (secondary N) is 1. The van der Waals surface area contributed by atoms with E-state index >= 15 is 0 Å². The maximum Gasteiger partial charge on any atom is 0.255 e. The number of carbonyl (C=O) groups excluding carboxylic acids is 1. The van der Waals surface area contributed by atoms with Crippen molar-refractivity contribution in [1.82, 2.24) is 0 Å². The van der Waals surface area contributed by atoms with Crippen LogP contribution in [0.4, 0.5) is 5.69 Å². The molecule has 0 aromatic heterocycles. The normalized spacial score (nSPS) is 14.0. The molecule has 1 amide bonds. The van der Waals surface area contributed by atoms with E-state index in [0.29, 0.717) is 6.42 Å². The fourth-order valence-electron chi connectivity index (χ4n) is 2.31. The fourth-order valence-corrected chi connectivity index (χ4v) is 2.31. The van der Waals surface area contributed by atoms with Gasteiger partial charge in [-0.1, -0.05) is 43.0 Å². The maximum absolute atomic E-state index is 12.2. The van der Waals surface area contributed by atoms with Crippen molar-refractivity contribution in [3.8, 4) is 0 Å². The summed E-state index contributed by atoms with van der Waals surface area (Å²) in [4.78, 5) is 12.2. The van der Waals surface area contributed by atoms with Crippen LogP contribution in [-0.4, -0.2) is 5.91 Å². The molecule has 2 heteroatoms. The second-order valence-corrected chi connectivity index (χ2v) is 4.44. The van der Waals surface area contributed by atoms with Crippen LogP contribution < -0.4 is 5.32 Å². The number of benzene rings is 2. The first kappa shape index (κ1) is 10.8. The van der Waals surface area contributed by atoms with Gasteiger partial charge in [-0.05, 0) is 29.7 Å². The molecule has 0 saturated heterocycles. The van der Waals surface area contributed by atoms with Gasteiger partial charge in [-0.25, -0.2) is 0 Å². The largest absolute Gasteiger partial charge is 0.321 e. The van der Waals surface area contributed by atoms with Crippen LogP contribution in [0.3, 0.4) is 0 Å². The first-order valence-electron chi connectivity index (χ1n) is 5.92. The Kier molecular flexibility index (Phi) is 2.49. The molecule has 2 aromatic carbocycles. The van der Waals surface area contributed by atoms with Gasteiger partial charge in [0.25, 0.3) is 5.91 Å². The number of carbonyl (C=O) groups is 1. The van der Waals surface area contributed by atoms with Crippen molar-refractivity contribution in [3.63, 3.8) is 0 Å². The Hall–Kier alpha value is -2.35. The second-order valence-electron chi connectivity index (χ2n) is 4.44. The molecule has 0 fully saturated rings. The molecule has 1 N–H and O–H groups in total. The molecule has 0 aliphatic carbocycles. The quantitative estimate of drug-likeness (QED) is 0.743. The second kappa shape index (κ2) is 4.15. The number of hydrogen-bond acceptors (Lipinski definition) is 1. The average Bonchev–Trinajstić information content (AvgIpc) is 2.38. The van der Waals surface area contributed by atoms with Gasteiger partial charge in [0.05, 0.1) is 0 Å². The lowest BCUT2D eigenvalue weighted by Crippen LogP contribution is -2.17. The molecule has 18 heavy (non-hydrogen) atoms. The smallest absolute Gasteiger partial charge is 0.255 e. The van der Waals surface area contributed by atoms with Crippen molar-refractivity contribution >= 4 is 17.2 Å². The van der Waals surface area contributed by atoms with Gasteiger partial charge in [0.2, 0.25) is 0 Å². The van der Waals surface area contributed by atoms with Crippen LogP contribution in [0.15, 0.2) is 55.1 Å². The van der Waals surface area contributed by atoms with Crippen LogP contribution in [0.2, 0.25) is 0 Å². The number of anilines is 1. The molecule has 0 spiro atoms. The summed E-state index contributed by atoms with van der Waals surface area (Å²) in [5.41, 5.74) is 4.63. The van der Waals surface area contributed by atoms with Crippen molar-refractivity contribution in [2.45, 2.75) is 6.42 Å². The van der Waals surface area contributed by atoms with Crippen LogP contribution in [0.5, 0.6) is 0 Å². The molecule has 0 saturated carbocycles. The first-order chi connectivity index (χ1) is 8.75. The maximum atomic E-state index is 12.2. The SMILES string of the molecule is C=C1Cc2ccccc2C(=O)Nc2ccccc21. The Bertz CT molecular complexity index is 586. The summed E-state index contributed by atoms with van der Waals surface area (Å²) in [6.45, 7) is 4.13. The highest BCUT2D eigenvalue weighted by Crippen LogP contribution is 2.29. The topological polar surface area (TPSA) is 29.1 Å². The van der Waals surface area contributed by atoms with E-state index in [-0.39, 0.29) is 5.91 Å².